The minimum absolute atomic E-state index is 0.000895. The molecular formula is C12H15N5O2. The van der Waals surface area contributed by atoms with Gasteiger partial charge in [-0.2, -0.15) is 5.21 Å². The summed E-state index contributed by atoms with van der Waals surface area (Å²) in [7, 11) is 1.37. The molecule has 100 valence electrons. The molecule has 1 atom stereocenters. The third kappa shape index (κ3) is 3.35. The van der Waals surface area contributed by atoms with E-state index in [4.69, 9.17) is 0 Å². The van der Waals surface area contributed by atoms with Crippen LogP contribution in [0.3, 0.4) is 0 Å². The fourth-order valence-electron chi connectivity index (χ4n) is 1.59. The van der Waals surface area contributed by atoms with E-state index in [1.54, 1.807) is 12.1 Å². The van der Waals surface area contributed by atoms with E-state index in [2.05, 4.69) is 30.7 Å². The molecule has 0 saturated carbocycles. The fraction of sp³-hybridized carbons (Fsp3) is 0.333. The highest BCUT2D eigenvalue weighted by Gasteiger charge is 2.09. The van der Waals surface area contributed by atoms with Crippen LogP contribution in [0.5, 0.6) is 0 Å². The molecule has 0 aliphatic heterocycles. The van der Waals surface area contributed by atoms with Gasteiger partial charge in [-0.05, 0) is 24.6 Å². The van der Waals surface area contributed by atoms with E-state index in [1.807, 2.05) is 19.1 Å². The molecule has 0 spiro atoms. The number of H-pyrrole nitrogens is 1. The molecule has 1 aromatic carbocycles. The van der Waals surface area contributed by atoms with Gasteiger partial charge in [-0.25, -0.2) is 4.79 Å². The molecular weight excluding hydrogens is 246 g/mol. The van der Waals surface area contributed by atoms with Crippen molar-refractivity contribution < 1.29 is 9.53 Å². The first-order valence-electron chi connectivity index (χ1n) is 5.84. The fourth-order valence-corrected chi connectivity index (χ4v) is 1.59. The maximum atomic E-state index is 11.3. The third-order valence-electron chi connectivity index (χ3n) is 2.74. The number of aromatic amines is 1. The van der Waals surface area contributed by atoms with Crippen LogP contribution in [0.25, 0.3) is 0 Å². The standard InChI is InChI=1S/C12H15N5O2/c1-8(11-14-16-17-15-11)13-7-9-3-5-10(6-4-9)12(18)19-2/h3-6,8,13H,7H2,1-2H3,(H,14,15,16,17). The number of aromatic nitrogens is 4. The topological polar surface area (TPSA) is 92.8 Å². The third-order valence-corrected chi connectivity index (χ3v) is 2.74. The molecule has 0 radical (unpaired) electrons. The van der Waals surface area contributed by atoms with E-state index < -0.39 is 0 Å². The Labute approximate surface area is 110 Å². The summed E-state index contributed by atoms with van der Waals surface area (Å²) in [5.41, 5.74) is 1.60. The van der Waals surface area contributed by atoms with Crippen LogP contribution in [-0.4, -0.2) is 33.7 Å². The van der Waals surface area contributed by atoms with E-state index in [-0.39, 0.29) is 12.0 Å². The number of nitrogens with one attached hydrogen (secondary N) is 2. The Morgan fingerprint density at radius 3 is 2.74 bits per heavy atom. The molecule has 7 nitrogen and oxygen atoms in total. The first-order valence-corrected chi connectivity index (χ1v) is 5.84. The zero-order chi connectivity index (χ0) is 13.7. The van der Waals surface area contributed by atoms with Crippen LogP contribution in [0.15, 0.2) is 24.3 Å². The summed E-state index contributed by atoms with van der Waals surface area (Å²) in [6.07, 6.45) is 0. The number of benzene rings is 1. The maximum Gasteiger partial charge on any atom is 0.337 e. The summed E-state index contributed by atoms with van der Waals surface area (Å²) in [6, 6.07) is 7.23. The largest absolute Gasteiger partial charge is 0.465 e. The summed E-state index contributed by atoms with van der Waals surface area (Å²) in [4.78, 5) is 11.3. The van der Waals surface area contributed by atoms with Crippen LogP contribution in [0.4, 0.5) is 0 Å². The summed E-state index contributed by atoms with van der Waals surface area (Å²) < 4.78 is 4.64. The van der Waals surface area contributed by atoms with Crippen molar-refractivity contribution in [2.24, 2.45) is 0 Å². The molecule has 0 aliphatic carbocycles. The van der Waals surface area contributed by atoms with Gasteiger partial charge in [-0.1, -0.05) is 17.3 Å². The van der Waals surface area contributed by atoms with Gasteiger partial charge in [0.1, 0.15) is 0 Å². The van der Waals surface area contributed by atoms with E-state index in [9.17, 15) is 4.79 Å². The van der Waals surface area contributed by atoms with Gasteiger partial charge in [-0.15, -0.1) is 10.2 Å². The van der Waals surface area contributed by atoms with Crippen molar-refractivity contribution in [3.8, 4) is 0 Å². The molecule has 0 saturated heterocycles. The van der Waals surface area contributed by atoms with Crippen molar-refractivity contribution in [3.05, 3.63) is 41.2 Å². The monoisotopic (exact) mass is 261 g/mol. The first-order chi connectivity index (χ1) is 9.20. The van der Waals surface area contributed by atoms with Crippen LogP contribution in [0.2, 0.25) is 0 Å². The Bertz CT molecular complexity index is 524. The number of carbonyl (C=O) groups is 1. The lowest BCUT2D eigenvalue weighted by Gasteiger charge is -2.10. The number of methoxy groups -OCH3 is 1. The van der Waals surface area contributed by atoms with Crippen LogP contribution in [0.1, 0.15) is 34.7 Å². The van der Waals surface area contributed by atoms with E-state index in [0.717, 1.165) is 5.56 Å². The number of ether oxygens (including phenoxy) is 1. The number of tetrazole rings is 1. The molecule has 1 heterocycles. The zero-order valence-corrected chi connectivity index (χ0v) is 10.8. The highest BCUT2D eigenvalue weighted by molar-refractivity contribution is 5.89. The van der Waals surface area contributed by atoms with Crippen molar-refractivity contribution in [1.82, 2.24) is 25.9 Å². The van der Waals surface area contributed by atoms with Gasteiger partial charge >= 0.3 is 5.97 Å². The Hall–Kier alpha value is -2.28. The first kappa shape index (κ1) is 13.2. The van der Waals surface area contributed by atoms with Gasteiger partial charge in [0.15, 0.2) is 5.82 Å². The Balaban J connectivity index is 1.91. The molecule has 1 unspecified atom stereocenters. The molecule has 2 N–H and O–H groups in total. The summed E-state index contributed by atoms with van der Waals surface area (Å²) in [5.74, 6) is 0.283. The molecule has 7 heteroatoms. The Kier molecular flexibility index (Phi) is 4.19. The second-order valence-electron chi connectivity index (χ2n) is 4.06. The smallest absolute Gasteiger partial charge is 0.337 e. The van der Waals surface area contributed by atoms with Crippen LogP contribution in [-0.2, 0) is 11.3 Å². The number of nitrogens with zero attached hydrogens (tertiary/aromatic N) is 3. The minimum Gasteiger partial charge on any atom is -0.465 e. The second-order valence-corrected chi connectivity index (χ2v) is 4.06. The van der Waals surface area contributed by atoms with Crippen molar-refractivity contribution in [1.29, 1.82) is 0 Å². The van der Waals surface area contributed by atoms with Crippen molar-refractivity contribution in [2.75, 3.05) is 7.11 Å². The maximum absolute atomic E-state index is 11.3. The minimum atomic E-state index is -0.334. The zero-order valence-electron chi connectivity index (χ0n) is 10.8. The quantitative estimate of drug-likeness (QED) is 0.775. The molecule has 0 aliphatic rings. The van der Waals surface area contributed by atoms with Crippen molar-refractivity contribution >= 4 is 5.97 Å². The Morgan fingerprint density at radius 1 is 1.42 bits per heavy atom. The molecule has 0 fully saturated rings. The number of carbonyl (C=O) groups excluding carboxylic acids is 1. The number of hydrogen-bond donors (Lipinski definition) is 2. The normalized spacial score (nSPS) is 12.1. The van der Waals surface area contributed by atoms with Gasteiger partial charge < -0.3 is 10.1 Å². The van der Waals surface area contributed by atoms with E-state index in [1.165, 1.54) is 7.11 Å². The molecule has 2 rings (SSSR count). The molecule has 1 aromatic heterocycles. The highest BCUT2D eigenvalue weighted by Crippen LogP contribution is 2.08. The Morgan fingerprint density at radius 2 is 2.16 bits per heavy atom. The average Bonchev–Trinajstić information content (AvgIpc) is 2.98. The predicted octanol–water partition coefficient (Wildman–Crippen LogP) is 0.837. The lowest BCUT2D eigenvalue weighted by Crippen LogP contribution is -2.19. The van der Waals surface area contributed by atoms with Crippen molar-refractivity contribution in [3.63, 3.8) is 0 Å². The summed E-state index contributed by atoms with van der Waals surface area (Å²) >= 11 is 0. The van der Waals surface area contributed by atoms with Crippen molar-refractivity contribution in [2.45, 2.75) is 19.5 Å². The van der Waals surface area contributed by atoms with Crippen LogP contribution < -0.4 is 5.32 Å². The lowest BCUT2D eigenvalue weighted by atomic mass is 10.1. The molecule has 19 heavy (non-hydrogen) atoms. The van der Waals surface area contributed by atoms with E-state index in [0.29, 0.717) is 17.9 Å². The lowest BCUT2D eigenvalue weighted by molar-refractivity contribution is 0.0600. The number of esters is 1. The van der Waals surface area contributed by atoms with Crippen LogP contribution >= 0.6 is 0 Å². The van der Waals surface area contributed by atoms with Gasteiger partial charge in [0.05, 0.1) is 18.7 Å². The van der Waals surface area contributed by atoms with E-state index >= 15 is 0 Å². The number of hydrogen-bond acceptors (Lipinski definition) is 6. The van der Waals surface area contributed by atoms with Gasteiger partial charge in [-0.3, -0.25) is 0 Å². The molecule has 0 amide bonds. The summed E-state index contributed by atoms with van der Waals surface area (Å²) in [5, 5.41) is 17.0. The summed E-state index contributed by atoms with van der Waals surface area (Å²) in [6.45, 7) is 2.60. The average molecular weight is 261 g/mol. The van der Waals surface area contributed by atoms with Crippen LogP contribution in [0, 0.1) is 0 Å². The number of rotatable bonds is 5. The predicted molar refractivity (Wildman–Crippen MR) is 67.2 cm³/mol. The van der Waals surface area contributed by atoms with Gasteiger partial charge in [0.25, 0.3) is 0 Å². The second kappa shape index (κ2) is 6.05. The van der Waals surface area contributed by atoms with Gasteiger partial charge in [0, 0.05) is 6.54 Å². The molecule has 2 aromatic rings. The SMILES string of the molecule is COC(=O)c1ccc(CNC(C)c2nn[nH]n2)cc1. The van der Waals surface area contributed by atoms with Gasteiger partial charge in [0.2, 0.25) is 0 Å². The molecule has 0 bridgehead atoms. The highest BCUT2D eigenvalue weighted by atomic mass is 16.5.